The average molecular weight is 283 g/mol. The summed E-state index contributed by atoms with van der Waals surface area (Å²) in [4.78, 5) is 10.5. The number of aromatic nitrogens is 4. The third kappa shape index (κ3) is 3.33. The quantitative estimate of drug-likeness (QED) is 0.821. The van der Waals surface area contributed by atoms with Crippen LogP contribution in [0.2, 0.25) is 5.15 Å². The van der Waals surface area contributed by atoms with Crippen molar-refractivity contribution in [3.63, 3.8) is 0 Å². The van der Waals surface area contributed by atoms with E-state index in [1.165, 1.54) is 6.33 Å². The molecule has 0 amide bonds. The van der Waals surface area contributed by atoms with E-state index in [4.69, 9.17) is 11.6 Å². The van der Waals surface area contributed by atoms with Gasteiger partial charge in [-0.3, -0.25) is 0 Å². The summed E-state index contributed by atoms with van der Waals surface area (Å²) in [5.74, 6) is 1.32. The van der Waals surface area contributed by atoms with E-state index in [1.807, 2.05) is 0 Å². The molecule has 0 aliphatic carbocycles. The molecule has 2 heterocycles. The maximum absolute atomic E-state index is 5.98. The highest BCUT2D eigenvalue weighted by Crippen LogP contribution is 2.15. The molecule has 0 spiro atoms. The van der Waals surface area contributed by atoms with E-state index < -0.39 is 0 Å². The summed E-state index contributed by atoms with van der Waals surface area (Å²) in [6, 6.07) is 2.05. The summed E-state index contributed by atoms with van der Waals surface area (Å²) in [5.41, 5.74) is 0. The van der Waals surface area contributed by atoms with Crippen molar-refractivity contribution < 1.29 is 0 Å². The van der Waals surface area contributed by atoms with E-state index >= 15 is 0 Å². The van der Waals surface area contributed by atoms with Gasteiger partial charge in [0.1, 0.15) is 17.3 Å². The minimum absolute atomic E-state index is 0.283. The Balaban J connectivity index is 2.14. The number of nitrogens with zero attached hydrogens (tertiary/aromatic N) is 5. The molecular formula is C12H19ClN6. The molecule has 0 aliphatic heterocycles. The van der Waals surface area contributed by atoms with Crippen LogP contribution in [0, 0.1) is 0 Å². The van der Waals surface area contributed by atoms with Crippen LogP contribution in [-0.4, -0.2) is 50.2 Å². The molecule has 2 rings (SSSR count). The highest BCUT2D eigenvalue weighted by Gasteiger charge is 2.11. The van der Waals surface area contributed by atoms with Crippen LogP contribution in [0.5, 0.6) is 0 Å². The smallest absolute Gasteiger partial charge is 0.255 e. The molecule has 104 valence electrons. The van der Waals surface area contributed by atoms with Crippen molar-refractivity contribution >= 4 is 23.2 Å². The van der Waals surface area contributed by atoms with Crippen LogP contribution in [0.25, 0.3) is 5.78 Å². The Hall–Kier alpha value is -1.40. The molecule has 2 aromatic heterocycles. The molecule has 19 heavy (non-hydrogen) atoms. The number of likely N-dealkylation sites (N-methyl/N-ethyl adjacent to an activating group) is 1. The first-order chi connectivity index (χ1) is 9.13. The van der Waals surface area contributed by atoms with Gasteiger partial charge in [0.05, 0.1) is 0 Å². The van der Waals surface area contributed by atoms with Gasteiger partial charge in [0.25, 0.3) is 5.78 Å². The number of rotatable bonds is 6. The van der Waals surface area contributed by atoms with Gasteiger partial charge in [0.2, 0.25) is 0 Å². The Labute approximate surface area is 117 Å². The standard InChI is InChI=1S/C12H19ClN6/c1-4-18(5-2)7-9(3)16-11-6-10(13)17-12-14-8-15-19(11)12/h6,8-9,16H,4-5,7H2,1-3H3. The minimum Gasteiger partial charge on any atom is -0.366 e. The van der Waals surface area contributed by atoms with Gasteiger partial charge < -0.3 is 10.2 Å². The summed E-state index contributed by atoms with van der Waals surface area (Å²) in [6.45, 7) is 9.50. The first-order valence-corrected chi connectivity index (χ1v) is 6.87. The Bertz CT molecular complexity index is 536. The highest BCUT2D eigenvalue weighted by molar-refractivity contribution is 6.29. The van der Waals surface area contributed by atoms with E-state index in [2.05, 4.69) is 46.1 Å². The molecule has 1 unspecified atom stereocenters. The molecule has 0 fully saturated rings. The fraction of sp³-hybridized carbons (Fsp3) is 0.583. The Morgan fingerprint density at radius 1 is 1.42 bits per heavy atom. The molecule has 0 radical (unpaired) electrons. The summed E-state index contributed by atoms with van der Waals surface area (Å²) < 4.78 is 1.66. The van der Waals surface area contributed by atoms with Crippen LogP contribution in [0.15, 0.2) is 12.4 Å². The lowest BCUT2D eigenvalue weighted by Crippen LogP contribution is -2.35. The lowest BCUT2D eigenvalue weighted by atomic mass is 10.3. The third-order valence-corrected chi connectivity index (χ3v) is 3.23. The third-order valence-electron chi connectivity index (χ3n) is 3.04. The maximum atomic E-state index is 5.98. The topological polar surface area (TPSA) is 58.3 Å². The zero-order chi connectivity index (χ0) is 13.8. The number of nitrogens with one attached hydrogen (secondary N) is 1. The van der Waals surface area contributed by atoms with Gasteiger partial charge in [-0.05, 0) is 20.0 Å². The lowest BCUT2D eigenvalue weighted by Gasteiger charge is -2.24. The van der Waals surface area contributed by atoms with Gasteiger partial charge in [-0.2, -0.15) is 19.6 Å². The van der Waals surface area contributed by atoms with E-state index in [0.717, 1.165) is 25.5 Å². The minimum atomic E-state index is 0.283. The van der Waals surface area contributed by atoms with Gasteiger partial charge in [0, 0.05) is 18.7 Å². The molecule has 0 bridgehead atoms. The van der Waals surface area contributed by atoms with Gasteiger partial charge in [-0.25, -0.2) is 0 Å². The SMILES string of the molecule is CCN(CC)CC(C)Nc1cc(Cl)nc2ncnn12. The monoisotopic (exact) mass is 282 g/mol. The van der Waals surface area contributed by atoms with Crippen LogP contribution in [0.3, 0.4) is 0 Å². The number of fused-ring (bicyclic) bond motifs is 1. The molecule has 1 N–H and O–H groups in total. The Kier molecular flexibility index (Phi) is 4.55. The van der Waals surface area contributed by atoms with Crippen LogP contribution in [0.4, 0.5) is 5.82 Å². The second-order valence-corrected chi connectivity index (χ2v) is 4.85. The van der Waals surface area contributed by atoms with E-state index in [-0.39, 0.29) is 6.04 Å². The highest BCUT2D eigenvalue weighted by atomic mass is 35.5. The number of hydrogen-bond acceptors (Lipinski definition) is 5. The predicted octanol–water partition coefficient (Wildman–Crippen LogP) is 1.92. The van der Waals surface area contributed by atoms with Crippen molar-refractivity contribution in [3.05, 3.63) is 17.5 Å². The van der Waals surface area contributed by atoms with Gasteiger partial charge in [-0.15, -0.1) is 0 Å². The Morgan fingerprint density at radius 2 is 2.16 bits per heavy atom. The van der Waals surface area contributed by atoms with Crippen molar-refractivity contribution in [1.29, 1.82) is 0 Å². The number of hydrogen-bond donors (Lipinski definition) is 1. The molecule has 0 saturated carbocycles. The zero-order valence-electron chi connectivity index (χ0n) is 11.5. The normalized spacial score (nSPS) is 13.1. The van der Waals surface area contributed by atoms with Gasteiger partial charge in [0.15, 0.2) is 0 Å². The lowest BCUT2D eigenvalue weighted by molar-refractivity contribution is 0.294. The van der Waals surface area contributed by atoms with Crippen molar-refractivity contribution in [2.45, 2.75) is 26.8 Å². The van der Waals surface area contributed by atoms with Crippen LogP contribution in [-0.2, 0) is 0 Å². The van der Waals surface area contributed by atoms with Crippen molar-refractivity contribution in [2.75, 3.05) is 25.0 Å². The summed E-state index contributed by atoms with van der Waals surface area (Å²) >= 11 is 5.98. The first-order valence-electron chi connectivity index (χ1n) is 6.49. The maximum Gasteiger partial charge on any atom is 0.255 e. The number of anilines is 1. The van der Waals surface area contributed by atoms with E-state index in [0.29, 0.717) is 10.9 Å². The van der Waals surface area contributed by atoms with Gasteiger partial charge >= 0.3 is 0 Å². The van der Waals surface area contributed by atoms with Crippen LogP contribution >= 0.6 is 11.6 Å². The van der Waals surface area contributed by atoms with Crippen LogP contribution < -0.4 is 5.32 Å². The molecule has 1 atom stereocenters. The van der Waals surface area contributed by atoms with Crippen molar-refractivity contribution in [2.24, 2.45) is 0 Å². The predicted molar refractivity (Wildman–Crippen MR) is 76.7 cm³/mol. The molecule has 0 aromatic carbocycles. The average Bonchev–Trinajstić information content (AvgIpc) is 2.84. The second kappa shape index (κ2) is 6.16. The second-order valence-electron chi connectivity index (χ2n) is 4.47. The van der Waals surface area contributed by atoms with E-state index in [9.17, 15) is 0 Å². The van der Waals surface area contributed by atoms with Gasteiger partial charge in [-0.1, -0.05) is 25.4 Å². The van der Waals surface area contributed by atoms with E-state index in [1.54, 1.807) is 10.6 Å². The molecule has 0 saturated heterocycles. The fourth-order valence-corrected chi connectivity index (χ4v) is 2.23. The van der Waals surface area contributed by atoms with Crippen molar-refractivity contribution in [1.82, 2.24) is 24.5 Å². The molecule has 2 aromatic rings. The number of halogens is 1. The largest absolute Gasteiger partial charge is 0.366 e. The summed E-state index contributed by atoms with van der Waals surface area (Å²) in [5, 5.41) is 7.96. The molecule has 0 aliphatic rings. The molecular weight excluding hydrogens is 264 g/mol. The summed E-state index contributed by atoms with van der Waals surface area (Å²) in [7, 11) is 0. The van der Waals surface area contributed by atoms with Crippen LogP contribution in [0.1, 0.15) is 20.8 Å². The zero-order valence-corrected chi connectivity index (χ0v) is 12.2. The van der Waals surface area contributed by atoms with Crippen molar-refractivity contribution in [3.8, 4) is 0 Å². The first kappa shape index (κ1) is 14.0. The Morgan fingerprint density at radius 3 is 2.84 bits per heavy atom. The molecule has 7 heteroatoms. The summed E-state index contributed by atoms with van der Waals surface area (Å²) in [6.07, 6.45) is 1.47. The fourth-order valence-electron chi connectivity index (χ4n) is 2.05. The molecule has 6 nitrogen and oxygen atoms in total.